The van der Waals surface area contributed by atoms with Gasteiger partial charge in [0.05, 0.1) is 5.02 Å². The van der Waals surface area contributed by atoms with Crippen LogP contribution in [0, 0.1) is 6.92 Å². The Morgan fingerprint density at radius 2 is 2.07 bits per heavy atom. The highest BCUT2D eigenvalue weighted by molar-refractivity contribution is 8.01. The zero-order valence-corrected chi connectivity index (χ0v) is 17.4. The molecule has 2 saturated heterocycles. The van der Waals surface area contributed by atoms with Crippen molar-refractivity contribution in [1.29, 1.82) is 0 Å². The van der Waals surface area contributed by atoms with Crippen molar-refractivity contribution in [2.45, 2.75) is 43.0 Å². The molecule has 0 saturated carbocycles. The van der Waals surface area contributed by atoms with E-state index in [1.54, 1.807) is 38.1 Å². The van der Waals surface area contributed by atoms with Crippen molar-refractivity contribution < 1.29 is 24.0 Å². The summed E-state index contributed by atoms with van der Waals surface area (Å²) in [5.74, 6) is -1.70. The number of fused-ring (bicyclic) bond motifs is 1. The van der Waals surface area contributed by atoms with Gasteiger partial charge in [-0.3, -0.25) is 9.59 Å². The van der Waals surface area contributed by atoms with E-state index in [9.17, 15) is 19.5 Å². The van der Waals surface area contributed by atoms with Crippen LogP contribution in [0.3, 0.4) is 0 Å². The van der Waals surface area contributed by atoms with E-state index in [2.05, 4.69) is 10.5 Å². The summed E-state index contributed by atoms with van der Waals surface area (Å²) in [5, 5.41) is 15.9. The van der Waals surface area contributed by atoms with E-state index in [1.807, 2.05) is 0 Å². The van der Waals surface area contributed by atoms with E-state index in [0.717, 1.165) is 0 Å². The second-order valence-electron chi connectivity index (χ2n) is 7.22. The summed E-state index contributed by atoms with van der Waals surface area (Å²) in [6.07, 6.45) is 0. The number of carbonyl (C=O) groups excluding carboxylic acids is 2. The first kappa shape index (κ1) is 19.8. The van der Waals surface area contributed by atoms with Gasteiger partial charge in [0.15, 0.2) is 0 Å². The van der Waals surface area contributed by atoms with Crippen molar-refractivity contribution in [2.24, 2.45) is 0 Å². The molecule has 1 aromatic carbocycles. The number of amides is 2. The number of β-lactam (4-membered cyclic amide) rings is 1. The van der Waals surface area contributed by atoms with E-state index in [0.29, 0.717) is 16.3 Å². The maximum atomic E-state index is 13.0. The zero-order chi connectivity index (χ0) is 21.1. The smallest absolute Gasteiger partial charge is 0.330 e. The molecule has 2 aliphatic heterocycles. The Morgan fingerprint density at radius 1 is 1.38 bits per heavy atom. The summed E-state index contributed by atoms with van der Waals surface area (Å²) >= 11 is 7.59. The predicted molar refractivity (Wildman–Crippen MR) is 107 cm³/mol. The van der Waals surface area contributed by atoms with Gasteiger partial charge in [0.2, 0.25) is 5.91 Å². The summed E-state index contributed by atoms with van der Waals surface area (Å²) in [6.45, 7) is 4.90. The van der Waals surface area contributed by atoms with Gasteiger partial charge in [-0.25, -0.2) is 4.79 Å². The fraction of sp³-hybridized carbons (Fsp3) is 0.368. The quantitative estimate of drug-likeness (QED) is 0.709. The second-order valence-corrected chi connectivity index (χ2v) is 9.09. The molecule has 3 unspecified atom stereocenters. The largest absolute Gasteiger partial charge is 0.479 e. The highest BCUT2D eigenvalue weighted by atomic mass is 35.5. The molecule has 0 radical (unpaired) electrons. The molecule has 2 amide bonds. The standard InChI is InChI=1S/C19H18ClN3O5S/c1-8-12(13(22-28-8)10-6-4-5-7-11(10)20)15(24)21-14-16(25)23-17(14)29-9(2)19(23,3)18(26)27/h4-7,9,14,17H,1-3H3,(H,21,24)(H,26,27)/t9?,14?,17?,19-/m1/s1. The van der Waals surface area contributed by atoms with Crippen LogP contribution in [-0.4, -0.2) is 55.2 Å². The van der Waals surface area contributed by atoms with Crippen molar-refractivity contribution in [3.05, 3.63) is 40.6 Å². The fourth-order valence-electron chi connectivity index (χ4n) is 3.73. The lowest BCUT2D eigenvalue weighted by Gasteiger charge is -2.47. The van der Waals surface area contributed by atoms with Gasteiger partial charge >= 0.3 is 5.97 Å². The summed E-state index contributed by atoms with van der Waals surface area (Å²) in [5.41, 5.74) is -0.276. The number of thioether (sulfide) groups is 1. The van der Waals surface area contributed by atoms with Gasteiger partial charge in [0, 0.05) is 10.8 Å². The molecule has 2 aromatic rings. The number of hydrogen-bond donors (Lipinski definition) is 2. The molecule has 3 heterocycles. The number of hydrogen-bond acceptors (Lipinski definition) is 6. The van der Waals surface area contributed by atoms with Gasteiger partial charge in [-0.2, -0.15) is 0 Å². The minimum Gasteiger partial charge on any atom is -0.479 e. The van der Waals surface area contributed by atoms with Gasteiger partial charge < -0.3 is 19.8 Å². The summed E-state index contributed by atoms with van der Waals surface area (Å²) < 4.78 is 5.21. The first-order valence-corrected chi connectivity index (χ1v) is 10.2. The van der Waals surface area contributed by atoms with E-state index in [-0.39, 0.29) is 16.5 Å². The number of benzene rings is 1. The number of nitrogens with zero attached hydrogens (tertiary/aromatic N) is 2. The lowest BCUT2D eigenvalue weighted by molar-refractivity contribution is -0.167. The first-order chi connectivity index (χ1) is 13.7. The van der Waals surface area contributed by atoms with E-state index < -0.39 is 34.7 Å². The SMILES string of the molecule is Cc1onc(-c2ccccc2Cl)c1C(=O)NC1C(=O)N2C1SC(C)[C@]2(C)C(=O)O. The highest BCUT2D eigenvalue weighted by Gasteiger charge is 2.66. The van der Waals surface area contributed by atoms with Crippen molar-refractivity contribution in [3.8, 4) is 11.3 Å². The molecule has 2 fully saturated rings. The summed E-state index contributed by atoms with van der Waals surface area (Å²) in [4.78, 5) is 38.8. The van der Waals surface area contributed by atoms with Crippen LogP contribution in [0.1, 0.15) is 30.0 Å². The Kier molecular flexibility index (Phi) is 4.62. The van der Waals surface area contributed by atoms with Crippen molar-refractivity contribution >= 4 is 41.1 Å². The predicted octanol–water partition coefficient (Wildman–Crippen LogP) is 2.55. The Bertz CT molecular complexity index is 1040. The number of halogens is 1. The lowest BCUT2D eigenvalue weighted by atomic mass is 9.90. The number of rotatable bonds is 4. The molecule has 152 valence electrons. The number of nitrogens with one attached hydrogen (secondary N) is 1. The Labute approximate surface area is 175 Å². The molecule has 10 heteroatoms. The molecule has 1 aromatic heterocycles. The third-order valence-corrected chi connectivity index (χ3v) is 7.58. The number of aromatic nitrogens is 1. The third kappa shape index (κ3) is 2.75. The van der Waals surface area contributed by atoms with Crippen LogP contribution in [0.25, 0.3) is 11.3 Å². The molecular weight excluding hydrogens is 418 g/mol. The number of carboxylic acids is 1. The number of carboxylic acid groups (broad SMARTS) is 1. The van der Waals surface area contributed by atoms with Crippen molar-refractivity contribution in [3.63, 3.8) is 0 Å². The first-order valence-electron chi connectivity index (χ1n) is 8.92. The molecule has 2 N–H and O–H groups in total. The van der Waals surface area contributed by atoms with Crippen LogP contribution in [0.5, 0.6) is 0 Å². The van der Waals surface area contributed by atoms with E-state index in [4.69, 9.17) is 16.1 Å². The van der Waals surface area contributed by atoms with Crippen molar-refractivity contribution in [2.75, 3.05) is 0 Å². The molecular formula is C19H18ClN3O5S. The number of aryl methyl sites for hydroxylation is 1. The van der Waals surface area contributed by atoms with E-state index in [1.165, 1.54) is 23.6 Å². The minimum absolute atomic E-state index is 0.196. The average molecular weight is 436 g/mol. The Balaban J connectivity index is 1.60. The molecule has 4 atom stereocenters. The molecule has 8 nitrogen and oxygen atoms in total. The van der Waals surface area contributed by atoms with Crippen LogP contribution in [0.15, 0.2) is 28.8 Å². The van der Waals surface area contributed by atoms with Crippen LogP contribution < -0.4 is 5.32 Å². The Morgan fingerprint density at radius 3 is 2.72 bits per heavy atom. The minimum atomic E-state index is -1.30. The van der Waals surface area contributed by atoms with Crippen LogP contribution in [0.2, 0.25) is 5.02 Å². The normalized spacial score (nSPS) is 28.1. The lowest BCUT2D eigenvalue weighted by Crippen LogP contribution is -2.73. The van der Waals surface area contributed by atoms with Crippen molar-refractivity contribution in [1.82, 2.24) is 15.4 Å². The second kappa shape index (κ2) is 6.77. The van der Waals surface area contributed by atoms with Gasteiger partial charge in [0.1, 0.15) is 34.0 Å². The van der Waals surface area contributed by atoms with Gasteiger partial charge in [0.25, 0.3) is 5.91 Å². The number of carbonyl (C=O) groups is 3. The summed E-state index contributed by atoms with van der Waals surface area (Å²) in [7, 11) is 0. The Hall–Kier alpha value is -2.52. The topological polar surface area (TPSA) is 113 Å². The van der Waals surface area contributed by atoms with Gasteiger partial charge in [-0.1, -0.05) is 41.9 Å². The molecule has 0 bridgehead atoms. The van der Waals surface area contributed by atoms with E-state index >= 15 is 0 Å². The maximum absolute atomic E-state index is 13.0. The molecule has 2 aliphatic rings. The maximum Gasteiger partial charge on any atom is 0.330 e. The van der Waals surface area contributed by atoms with Crippen LogP contribution >= 0.6 is 23.4 Å². The summed E-state index contributed by atoms with van der Waals surface area (Å²) in [6, 6.07) is 6.12. The molecule has 4 rings (SSSR count). The number of aliphatic carboxylic acids is 1. The average Bonchev–Trinajstić information content (AvgIpc) is 3.17. The van der Waals surface area contributed by atoms with Crippen LogP contribution in [0.4, 0.5) is 0 Å². The zero-order valence-electron chi connectivity index (χ0n) is 15.8. The third-order valence-electron chi connectivity index (χ3n) is 5.62. The molecule has 29 heavy (non-hydrogen) atoms. The molecule has 0 aliphatic carbocycles. The highest BCUT2D eigenvalue weighted by Crippen LogP contribution is 2.50. The monoisotopic (exact) mass is 435 g/mol. The van der Waals surface area contributed by atoms with Gasteiger partial charge in [-0.15, -0.1) is 11.8 Å². The fourth-order valence-corrected chi connectivity index (χ4v) is 5.64. The molecule has 0 spiro atoms. The van der Waals surface area contributed by atoms with Gasteiger partial charge in [-0.05, 0) is 19.9 Å². The van der Waals surface area contributed by atoms with Crippen LogP contribution in [-0.2, 0) is 9.59 Å².